The van der Waals surface area contributed by atoms with Gasteiger partial charge in [-0.25, -0.2) is 14.4 Å². The SMILES string of the molecule is CCOC(=O)C1=C(N)Oc2c(c(=O)oc3ccccc23)C1(C#N)C(=O)OCC. The number of nitriles is 1. The van der Waals surface area contributed by atoms with Crippen molar-refractivity contribution in [3.05, 3.63) is 51.7 Å². The van der Waals surface area contributed by atoms with Gasteiger partial charge in [0.2, 0.25) is 11.3 Å². The molecule has 1 unspecified atom stereocenters. The Bertz CT molecular complexity index is 1110. The quantitative estimate of drug-likeness (QED) is 0.608. The largest absolute Gasteiger partial charge is 0.464 e. The van der Waals surface area contributed by atoms with Crippen LogP contribution < -0.4 is 16.1 Å². The lowest BCUT2D eigenvalue weighted by molar-refractivity contribution is -0.150. The fourth-order valence-electron chi connectivity index (χ4n) is 3.08. The molecule has 1 atom stereocenters. The Hall–Kier alpha value is -3.80. The highest BCUT2D eigenvalue weighted by molar-refractivity contribution is 6.07. The molecule has 2 aromatic rings. The summed E-state index contributed by atoms with van der Waals surface area (Å²) in [5.41, 5.74) is 1.45. The molecule has 0 saturated heterocycles. The van der Waals surface area contributed by atoms with Crippen LogP contribution in [0.3, 0.4) is 0 Å². The number of benzene rings is 1. The molecule has 1 aromatic heterocycles. The van der Waals surface area contributed by atoms with Crippen molar-refractivity contribution in [2.75, 3.05) is 13.2 Å². The summed E-state index contributed by atoms with van der Waals surface area (Å²) < 4.78 is 20.7. The summed E-state index contributed by atoms with van der Waals surface area (Å²) in [6.45, 7) is 2.89. The molecule has 0 saturated carbocycles. The van der Waals surface area contributed by atoms with Crippen molar-refractivity contribution in [1.82, 2.24) is 0 Å². The van der Waals surface area contributed by atoms with Crippen LogP contribution in [0, 0.1) is 11.3 Å². The van der Waals surface area contributed by atoms with Gasteiger partial charge in [-0.3, -0.25) is 0 Å². The van der Waals surface area contributed by atoms with Crippen molar-refractivity contribution >= 4 is 22.9 Å². The number of nitrogens with zero attached hydrogens (tertiary/aromatic N) is 1. The molecule has 0 spiro atoms. The Labute approximate surface area is 158 Å². The maximum Gasteiger partial charge on any atom is 0.345 e. The predicted molar refractivity (Wildman–Crippen MR) is 94.9 cm³/mol. The highest BCUT2D eigenvalue weighted by atomic mass is 16.5. The smallest absolute Gasteiger partial charge is 0.345 e. The molecule has 3 rings (SSSR count). The lowest BCUT2D eigenvalue weighted by Gasteiger charge is -2.31. The standard InChI is InChI=1S/C19H16N2O7/c1-3-25-16(22)13-15(21)28-14-10-7-5-6-8-11(10)27-17(23)12(14)19(13,9-20)18(24)26-4-2/h5-8H,3-4,21H2,1-2H3. The zero-order valence-electron chi connectivity index (χ0n) is 15.1. The average Bonchev–Trinajstić information content (AvgIpc) is 2.67. The number of carbonyl (C=O) groups excluding carboxylic acids is 2. The van der Waals surface area contributed by atoms with Crippen LogP contribution in [-0.2, 0) is 24.5 Å². The second kappa shape index (κ2) is 7.08. The minimum atomic E-state index is -2.50. The molecule has 0 amide bonds. The van der Waals surface area contributed by atoms with Crippen molar-refractivity contribution in [3.63, 3.8) is 0 Å². The van der Waals surface area contributed by atoms with Crippen molar-refractivity contribution in [2.24, 2.45) is 5.73 Å². The first-order valence-corrected chi connectivity index (χ1v) is 8.42. The van der Waals surface area contributed by atoms with Crippen LogP contribution in [-0.4, -0.2) is 25.2 Å². The first-order valence-electron chi connectivity index (χ1n) is 8.42. The molecule has 1 aromatic carbocycles. The molecular formula is C19H16N2O7. The molecule has 1 aliphatic heterocycles. The van der Waals surface area contributed by atoms with E-state index in [4.69, 9.17) is 24.4 Å². The van der Waals surface area contributed by atoms with Gasteiger partial charge >= 0.3 is 17.6 Å². The van der Waals surface area contributed by atoms with Gasteiger partial charge in [-0.1, -0.05) is 12.1 Å². The van der Waals surface area contributed by atoms with E-state index in [9.17, 15) is 19.6 Å². The van der Waals surface area contributed by atoms with Gasteiger partial charge in [0.25, 0.3) is 0 Å². The Morgan fingerprint density at radius 1 is 1.21 bits per heavy atom. The highest BCUT2D eigenvalue weighted by Gasteiger charge is 2.58. The first kappa shape index (κ1) is 19.0. The monoisotopic (exact) mass is 384 g/mol. The second-order valence-corrected chi connectivity index (χ2v) is 5.73. The molecule has 144 valence electrons. The topological polar surface area (TPSA) is 142 Å². The Morgan fingerprint density at radius 3 is 2.54 bits per heavy atom. The van der Waals surface area contributed by atoms with Crippen molar-refractivity contribution in [3.8, 4) is 11.8 Å². The molecule has 0 fully saturated rings. The van der Waals surface area contributed by atoms with Crippen LogP contribution in [0.25, 0.3) is 11.0 Å². The van der Waals surface area contributed by atoms with Crippen molar-refractivity contribution in [1.29, 1.82) is 5.26 Å². The van der Waals surface area contributed by atoms with E-state index < -0.39 is 40.0 Å². The number of nitrogens with two attached hydrogens (primary N) is 1. The normalized spacial score (nSPS) is 18.0. The van der Waals surface area contributed by atoms with Crippen LogP contribution >= 0.6 is 0 Å². The van der Waals surface area contributed by atoms with Crippen molar-refractivity contribution in [2.45, 2.75) is 19.3 Å². The highest BCUT2D eigenvalue weighted by Crippen LogP contribution is 2.45. The summed E-state index contributed by atoms with van der Waals surface area (Å²) >= 11 is 0. The number of carbonyl (C=O) groups is 2. The molecule has 9 nitrogen and oxygen atoms in total. The molecule has 1 aliphatic rings. The average molecular weight is 384 g/mol. The van der Waals surface area contributed by atoms with E-state index >= 15 is 0 Å². The van der Waals surface area contributed by atoms with Gasteiger partial charge < -0.3 is 24.4 Å². The van der Waals surface area contributed by atoms with E-state index in [1.165, 1.54) is 19.9 Å². The number of ether oxygens (including phenoxy) is 3. The Balaban J connectivity index is 2.46. The van der Waals surface area contributed by atoms with E-state index in [2.05, 4.69) is 0 Å². The van der Waals surface area contributed by atoms with Crippen molar-refractivity contribution < 1.29 is 28.2 Å². The van der Waals surface area contributed by atoms with Crippen LogP contribution in [0.2, 0.25) is 0 Å². The van der Waals surface area contributed by atoms with Gasteiger partial charge in [0.15, 0.2) is 5.75 Å². The minimum Gasteiger partial charge on any atom is -0.464 e. The van der Waals surface area contributed by atoms with E-state index in [0.717, 1.165) is 0 Å². The molecule has 0 radical (unpaired) electrons. The van der Waals surface area contributed by atoms with Crippen LogP contribution in [0.15, 0.2) is 44.9 Å². The predicted octanol–water partition coefficient (Wildman–Crippen LogP) is 1.24. The van der Waals surface area contributed by atoms with E-state index in [1.54, 1.807) is 24.3 Å². The third kappa shape index (κ3) is 2.58. The number of esters is 2. The zero-order valence-corrected chi connectivity index (χ0v) is 15.1. The first-order chi connectivity index (χ1) is 13.4. The van der Waals surface area contributed by atoms with Crippen LogP contribution in [0.4, 0.5) is 0 Å². The minimum absolute atomic E-state index is 0.0564. The number of fused-ring (bicyclic) bond motifs is 3. The number of hydrogen-bond donors (Lipinski definition) is 1. The maximum atomic E-state index is 12.9. The van der Waals surface area contributed by atoms with Gasteiger partial charge in [0.1, 0.15) is 16.7 Å². The second-order valence-electron chi connectivity index (χ2n) is 5.73. The molecular weight excluding hydrogens is 368 g/mol. The van der Waals surface area contributed by atoms with Gasteiger partial charge in [-0.15, -0.1) is 0 Å². The maximum absolute atomic E-state index is 12.9. The van der Waals surface area contributed by atoms with Crippen LogP contribution in [0.5, 0.6) is 5.75 Å². The third-order valence-corrected chi connectivity index (χ3v) is 4.20. The fourth-order valence-corrected chi connectivity index (χ4v) is 3.08. The lowest BCUT2D eigenvalue weighted by Crippen LogP contribution is -2.48. The molecule has 28 heavy (non-hydrogen) atoms. The molecule has 0 bridgehead atoms. The molecule has 2 heterocycles. The van der Waals surface area contributed by atoms with Gasteiger partial charge in [-0.2, -0.15) is 5.26 Å². The summed E-state index contributed by atoms with van der Waals surface area (Å²) in [7, 11) is 0. The van der Waals surface area contributed by atoms with Gasteiger partial charge in [0, 0.05) is 0 Å². The van der Waals surface area contributed by atoms with E-state index in [-0.39, 0.29) is 24.5 Å². The summed E-state index contributed by atoms with van der Waals surface area (Å²) in [5.74, 6) is -2.91. The number of hydrogen-bond acceptors (Lipinski definition) is 9. The summed E-state index contributed by atoms with van der Waals surface area (Å²) in [6, 6.07) is 8.08. The van der Waals surface area contributed by atoms with Crippen LogP contribution in [0.1, 0.15) is 19.4 Å². The molecule has 0 aliphatic carbocycles. The Morgan fingerprint density at radius 2 is 1.89 bits per heavy atom. The van der Waals surface area contributed by atoms with Gasteiger partial charge in [0.05, 0.1) is 24.7 Å². The van der Waals surface area contributed by atoms with E-state index in [0.29, 0.717) is 5.39 Å². The Kier molecular flexibility index (Phi) is 4.79. The lowest BCUT2D eigenvalue weighted by atomic mass is 9.73. The summed E-state index contributed by atoms with van der Waals surface area (Å²) in [4.78, 5) is 38.2. The number of para-hydroxylation sites is 1. The number of rotatable bonds is 4. The molecule has 2 N–H and O–H groups in total. The summed E-state index contributed by atoms with van der Waals surface area (Å²) in [5, 5.41) is 10.3. The fraction of sp³-hybridized carbons (Fsp3) is 0.263. The molecule has 9 heteroatoms. The third-order valence-electron chi connectivity index (χ3n) is 4.20. The van der Waals surface area contributed by atoms with Gasteiger partial charge in [-0.05, 0) is 26.0 Å². The summed E-state index contributed by atoms with van der Waals surface area (Å²) in [6.07, 6.45) is 0. The van der Waals surface area contributed by atoms with E-state index in [1.807, 2.05) is 0 Å². The zero-order chi connectivity index (χ0) is 20.5.